The molecule has 6 nitrogen and oxygen atoms in total. The summed E-state index contributed by atoms with van der Waals surface area (Å²) >= 11 is 0. The minimum Gasteiger partial charge on any atom is -0.507 e. The number of fused-ring (bicyclic) bond motifs is 1. The first kappa shape index (κ1) is 15.4. The van der Waals surface area contributed by atoms with Gasteiger partial charge in [0.2, 0.25) is 0 Å². The van der Waals surface area contributed by atoms with E-state index in [0.29, 0.717) is 35.5 Å². The Balaban J connectivity index is 1.80. The van der Waals surface area contributed by atoms with Crippen LogP contribution in [0.2, 0.25) is 0 Å². The van der Waals surface area contributed by atoms with Crippen LogP contribution >= 0.6 is 0 Å². The van der Waals surface area contributed by atoms with Gasteiger partial charge in [-0.05, 0) is 31.0 Å². The number of rotatable bonds is 3. The van der Waals surface area contributed by atoms with Crippen molar-refractivity contribution >= 4 is 16.6 Å². The lowest BCUT2D eigenvalue weighted by atomic mass is 9.89. The minimum atomic E-state index is -0.244. The van der Waals surface area contributed by atoms with Gasteiger partial charge in [0.1, 0.15) is 11.4 Å². The molecule has 1 fully saturated rings. The van der Waals surface area contributed by atoms with Crippen molar-refractivity contribution in [3.05, 3.63) is 48.0 Å². The van der Waals surface area contributed by atoms with Gasteiger partial charge in [-0.1, -0.05) is 24.3 Å². The Kier molecular flexibility index (Phi) is 3.71. The van der Waals surface area contributed by atoms with Crippen LogP contribution in [0.4, 0.5) is 5.82 Å². The molecule has 1 saturated carbocycles. The van der Waals surface area contributed by atoms with Gasteiger partial charge in [-0.15, -0.1) is 10.2 Å². The fraction of sp³-hybridized carbons (Fsp3) is 0.211. The van der Waals surface area contributed by atoms with Crippen LogP contribution in [0.5, 0.6) is 5.75 Å². The molecule has 0 aliphatic heterocycles. The molecule has 0 bridgehead atoms. The van der Waals surface area contributed by atoms with Gasteiger partial charge in [0.25, 0.3) is 0 Å². The third-order valence-corrected chi connectivity index (χ3v) is 4.52. The molecule has 0 saturated heterocycles. The lowest BCUT2D eigenvalue weighted by Crippen LogP contribution is -2.39. The van der Waals surface area contributed by atoms with Crippen LogP contribution in [0.3, 0.4) is 0 Å². The first-order valence-electron chi connectivity index (χ1n) is 8.09. The Hall–Kier alpha value is -3.17. The van der Waals surface area contributed by atoms with E-state index in [1.165, 1.54) is 6.07 Å². The van der Waals surface area contributed by atoms with Gasteiger partial charge in [-0.2, -0.15) is 5.26 Å². The molecule has 6 heteroatoms. The third kappa shape index (κ3) is 2.75. The highest BCUT2D eigenvalue weighted by Gasteiger charge is 2.28. The maximum absolute atomic E-state index is 10.3. The predicted octanol–water partition coefficient (Wildman–Crippen LogP) is 2.81. The Bertz CT molecular complexity index is 990. The van der Waals surface area contributed by atoms with Crippen LogP contribution in [0.25, 0.3) is 22.0 Å². The second-order valence-electron chi connectivity index (χ2n) is 6.25. The Morgan fingerprint density at radius 3 is 2.52 bits per heavy atom. The van der Waals surface area contributed by atoms with Gasteiger partial charge >= 0.3 is 0 Å². The number of anilines is 1. The zero-order valence-corrected chi connectivity index (χ0v) is 13.3. The third-order valence-electron chi connectivity index (χ3n) is 4.52. The van der Waals surface area contributed by atoms with Gasteiger partial charge < -0.3 is 15.5 Å². The van der Waals surface area contributed by atoms with E-state index in [1.807, 2.05) is 30.3 Å². The van der Waals surface area contributed by atoms with Crippen LogP contribution in [-0.4, -0.2) is 32.6 Å². The molecule has 3 N–H and O–H groups in total. The van der Waals surface area contributed by atoms with E-state index in [9.17, 15) is 10.2 Å². The van der Waals surface area contributed by atoms with E-state index in [0.717, 1.165) is 10.8 Å². The molecular weight excluding hydrogens is 316 g/mol. The first-order valence-corrected chi connectivity index (χ1v) is 8.09. The molecule has 0 unspecified atom stereocenters. The van der Waals surface area contributed by atoms with Crippen molar-refractivity contribution in [1.82, 2.24) is 10.2 Å². The maximum Gasteiger partial charge on any atom is 0.156 e. The highest BCUT2D eigenvalue weighted by Crippen LogP contribution is 2.35. The number of aliphatic hydroxyl groups is 1. The molecule has 2 aromatic carbocycles. The van der Waals surface area contributed by atoms with E-state index in [2.05, 4.69) is 15.5 Å². The smallest absolute Gasteiger partial charge is 0.156 e. The number of phenolic OH excluding ortho intramolecular Hbond substituents is 1. The van der Waals surface area contributed by atoms with Gasteiger partial charge in [0.15, 0.2) is 5.82 Å². The van der Waals surface area contributed by atoms with Gasteiger partial charge in [0.05, 0.1) is 17.7 Å². The molecular formula is C19H16N4O2. The first-order chi connectivity index (χ1) is 12.2. The molecule has 1 aromatic heterocycles. The van der Waals surface area contributed by atoms with Crippen molar-refractivity contribution in [3.63, 3.8) is 0 Å². The number of hydrogen-bond acceptors (Lipinski definition) is 6. The van der Waals surface area contributed by atoms with Crippen LogP contribution in [0.15, 0.2) is 42.5 Å². The summed E-state index contributed by atoms with van der Waals surface area (Å²) in [5, 5.41) is 42.3. The van der Waals surface area contributed by atoms with E-state index in [4.69, 9.17) is 5.26 Å². The lowest BCUT2D eigenvalue weighted by Gasteiger charge is -2.32. The number of aromatic nitrogens is 2. The van der Waals surface area contributed by atoms with E-state index < -0.39 is 0 Å². The molecule has 3 aromatic rings. The summed E-state index contributed by atoms with van der Waals surface area (Å²) in [6.45, 7) is 0. The number of aliphatic hydroxyl groups excluding tert-OH is 1. The fourth-order valence-electron chi connectivity index (χ4n) is 3.11. The number of nitrogens with one attached hydrogen (secondary N) is 1. The number of aromatic hydroxyl groups is 1. The summed E-state index contributed by atoms with van der Waals surface area (Å²) in [5.74, 6) is 0.672. The van der Waals surface area contributed by atoms with E-state index >= 15 is 0 Å². The highest BCUT2D eigenvalue weighted by molar-refractivity contribution is 6.00. The van der Waals surface area contributed by atoms with Gasteiger partial charge in [-0.25, -0.2) is 0 Å². The monoisotopic (exact) mass is 332 g/mol. The van der Waals surface area contributed by atoms with Gasteiger partial charge in [0, 0.05) is 22.4 Å². The molecule has 0 spiro atoms. The summed E-state index contributed by atoms with van der Waals surface area (Å²) in [6, 6.07) is 14.7. The molecule has 1 aliphatic carbocycles. The number of hydrogen-bond donors (Lipinski definition) is 3. The number of nitrogens with zero attached hydrogens (tertiary/aromatic N) is 3. The molecule has 25 heavy (non-hydrogen) atoms. The van der Waals surface area contributed by atoms with Crippen molar-refractivity contribution in [1.29, 1.82) is 5.26 Å². The Labute approximate surface area is 144 Å². The summed E-state index contributed by atoms with van der Waals surface area (Å²) in [4.78, 5) is 0. The van der Waals surface area contributed by atoms with Crippen molar-refractivity contribution in [2.24, 2.45) is 0 Å². The normalized spacial score (nSPS) is 19.2. The topological polar surface area (TPSA) is 102 Å². The summed E-state index contributed by atoms with van der Waals surface area (Å²) in [5.41, 5.74) is 1.49. The predicted molar refractivity (Wildman–Crippen MR) is 94.0 cm³/mol. The lowest BCUT2D eigenvalue weighted by molar-refractivity contribution is 0.0835. The maximum atomic E-state index is 10.3. The number of benzene rings is 2. The summed E-state index contributed by atoms with van der Waals surface area (Å²) < 4.78 is 0. The fourth-order valence-corrected chi connectivity index (χ4v) is 3.11. The van der Waals surface area contributed by atoms with Crippen LogP contribution in [0.1, 0.15) is 18.4 Å². The molecule has 124 valence electrons. The quantitative estimate of drug-likeness (QED) is 0.681. The number of phenols is 1. The summed E-state index contributed by atoms with van der Waals surface area (Å²) in [7, 11) is 0. The molecule has 0 amide bonds. The highest BCUT2D eigenvalue weighted by atomic mass is 16.3. The number of nitriles is 1. The minimum absolute atomic E-state index is 0.00123. The standard InChI is InChI=1S/C19H16N4O2/c20-10-11-5-6-16(17(25)7-11)18-14-3-1-2-4-15(14)19(23-22-18)21-12-8-13(24)9-12/h1-7,12-13,24-25H,8-9H2,(H,21,23)/t12-,13+. The molecule has 4 rings (SSSR count). The Morgan fingerprint density at radius 1 is 1.08 bits per heavy atom. The molecule has 1 aliphatic rings. The molecule has 0 atom stereocenters. The second-order valence-corrected chi connectivity index (χ2v) is 6.25. The van der Waals surface area contributed by atoms with E-state index in [1.54, 1.807) is 12.1 Å². The van der Waals surface area contributed by atoms with Crippen LogP contribution in [0, 0.1) is 11.3 Å². The summed E-state index contributed by atoms with van der Waals surface area (Å²) in [6.07, 6.45) is 1.16. The zero-order valence-electron chi connectivity index (χ0n) is 13.3. The average molecular weight is 332 g/mol. The Morgan fingerprint density at radius 2 is 1.84 bits per heavy atom. The van der Waals surface area contributed by atoms with Crippen molar-refractivity contribution in [2.45, 2.75) is 25.0 Å². The largest absolute Gasteiger partial charge is 0.507 e. The molecule has 0 radical (unpaired) electrons. The van der Waals surface area contributed by atoms with Gasteiger partial charge in [-0.3, -0.25) is 0 Å². The van der Waals surface area contributed by atoms with Crippen LogP contribution in [-0.2, 0) is 0 Å². The van der Waals surface area contributed by atoms with Crippen molar-refractivity contribution < 1.29 is 10.2 Å². The SMILES string of the molecule is N#Cc1ccc(-c2nnc(N[C@H]3C[C@@H](O)C3)c3ccccc23)c(O)c1. The second kappa shape index (κ2) is 6.04. The van der Waals surface area contributed by atoms with Crippen molar-refractivity contribution in [3.8, 4) is 23.1 Å². The molecule has 1 heterocycles. The van der Waals surface area contributed by atoms with E-state index in [-0.39, 0.29) is 17.9 Å². The van der Waals surface area contributed by atoms with Crippen LogP contribution < -0.4 is 5.32 Å². The zero-order chi connectivity index (χ0) is 17.4. The average Bonchev–Trinajstić information content (AvgIpc) is 2.61. The van der Waals surface area contributed by atoms with Crippen molar-refractivity contribution in [2.75, 3.05) is 5.32 Å².